The van der Waals surface area contributed by atoms with E-state index in [1.807, 2.05) is 0 Å². The number of rotatable bonds is 10. The number of carbonyl (C=O) groups is 2. The van der Waals surface area contributed by atoms with Gasteiger partial charge in [-0.15, -0.1) is 0 Å². The molecule has 2 aromatic rings. The molecule has 0 unspecified atom stereocenters. The smallest absolute Gasteiger partial charge is 0.336 e. The maximum atomic E-state index is 12.7. The van der Waals surface area contributed by atoms with Crippen LogP contribution in [0.15, 0.2) is 56.7 Å². The Morgan fingerprint density at radius 1 is 0.905 bits per heavy atom. The van der Waals surface area contributed by atoms with Crippen molar-refractivity contribution in [2.24, 2.45) is 5.73 Å². The van der Waals surface area contributed by atoms with Gasteiger partial charge in [0.15, 0.2) is 21.1 Å². The SMILES string of the molecule is N=c1ccc2c(-c3ccc(C(=O)NCCCCCN)cc3C(=O)O)c3ccc(N)c(S(=O)(=O)O)c3oc-2c1S(=O)(=O)O. The van der Waals surface area contributed by atoms with Crippen molar-refractivity contribution in [1.29, 1.82) is 5.41 Å². The van der Waals surface area contributed by atoms with Gasteiger partial charge in [0.25, 0.3) is 26.1 Å². The lowest BCUT2D eigenvalue weighted by Gasteiger charge is -2.20. The average Bonchev–Trinajstić information content (AvgIpc) is 2.89. The maximum Gasteiger partial charge on any atom is 0.336 e. The molecular formula is C26H26N4O10S2. The number of unbranched alkanes of at least 4 members (excludes halogenated alkanes) is 2. The Labute approximate surface area is 239 Å². The first-order chi connectivity index (χ1) is 19.7. The van der Waals surface area contributed by atoms with E-state index >= 15 is 0 Å². The van der Waals surface area contributed by atoms with Crippen LogP contribution in [0, 0.1) is 5.41 Å². The second-order valence-corrected chi connectivity index (χ2v) is 12.0. The van der Waals surface area contributed by atoms with Gasteiger partial charge in [-0.2, -0.15) is 16.8 Å². The number of hydrogen-bond donors (Lipinski definition) is 7. The summed E-state index contributed by atoms with van der Waals surface area (Å²) in [6, 6.07) is 8.32. The number of hydrogen-bond acceptors (Lipinski definition) is 10. The molecule has 0 fully saturated rings. The van der Waals surface area contributed by atoms with E-state index in [-0.39, 0.29) is 27.6 Å². The van der Waals surface area contributed by atoms with Crippen LogP contribution in [-0.4, -0.2) is 56.0 Å². The number of carbonyl (C=O) groups excluding carboxylic acids is 1. The monoisotopic (exact) mass is 618 g/mol. The van der Waals surface area contributed by atoms with Crippen LogP contribution in [0.5, 0.6) is 0 Å². The molecule has 1 aliphatic carbocycles. The molecule has 0 radical (unpaired) electrons. The van der Waals surface area contributed by atoms with Crippen LogP contribution in [-0.2, 0) is 20.2 Å². The molecule has 0 saturated carbocycles. The number of benzene rings is 3. The zero-order valence-corrected chi connectivity index (χ0v) is 23.4. The third-order valence-corrected chi connectivity index (χ3v) is 8.32. The summed E-state index contributed by atoms with van der Waals surface area (Å²) in [5, 5.41) is 20.0. The highest BCUT2D eigenvalue weighted by atomic mass is 32.2. The molecular weight excluding hydrogens is 592 g/mol. The summed E-state index contributed by atoms with van der Waals surface area (Å²) in [4.78, 5) is 23.2. The van der Waals surface area contributed by atoms with E-state index < -0.39 is 69.9 Å². The van der Waals surface area contributed by atoms with Gasteiger partial charge in [-0.3, -0.25) is 19.3 Å². The number of carboxylic acid groups (broad SMARTS) is 1. The van der Waals surface area contributed by atoms with Crippen molar-refractivity contribution in [2.75, 3.05) is 18.8 Å². The Kier molecular flexibility index (Phi) is 8.38. The largest absolute Gasteiger partial charge is 0.478 e. The second kappa shape index (κ2) is 11.5. The van der Waals surface area contributed by atoms with Crippen LogP contribution >= 0.6 is 0 Å². The van der Waals surface area contributed by atoms with Crippen LogP contribution in [0.3, 0.4) is 0 Å². The van der Waals surface area contributed by atoms with Crippen molar-refractivity contribution in [3.8, 4) is 22.5 Å². The van der Waals surface area contributed by atoms with Gasteiger partial charge in [-0.1, -0.05) is 12.5 Å². The lowest BCUT2D eigenvalue weighted by molar-refractivity contribution is 0.0697. The molecule has 1 aliphatic heterocycles. The molecule has 4 rings (SSSR count). The maximum absolute atomic E-state index is 12.7. The minimum atomic E-state index is -5.15. The summed E-state index contributed by atoms with van der Waals surface area (Å²) in [5.74, 6) is -2.73. The molecule has 42 heavy (non-hydrogen) atoms. The van der Waals surface area contributed by atoms with E-state index in [1.165, 1.54) is 24.3 Å². The predicted molar refractivity (Wildman–Crippen MR) is 150 cm³/mol. The Morgan fingerprint density at radius 2 is 1.57 bits per heavy atom. The van der Waals surface area contributed by atoms with Crippen molar-refractivity contribution in [3.63, 3.8) is 0 Å². The molecule has 1 amide bonds. The topological polar surface area (TPSA) is 264 Å². The highest BCUT2D eigenvalue weighted by molar-refractivity contribution is 7.86. The fourth-order valence-electron chi connectivity index (χ4n) is 4.63. The van der Waals surface area contributed by atoms with Gasteiger partial charge >= 0.3 is 5.97 Å². The van der Waals surface area contributed by atoms with Gasteiger partial charge in [0.2, 0.25) is 0 Å². The molecule has 0 aromatic heterocycles. The molecule has 9 N–H and O–H groups in total. The normalized spacial score (nSPS) is 12.1. The second-order valence-electron chi connectivity index (χ2n) is 9.28. The van der Waals surface area contributed by atoms with E-state index in [0.717, 1.165) is 31.0 Å². The quantitative estimate of drug-likeness (QED) is 0.0584. The van der Waals surface area contributed by atoms with E-state index in [9.17, 15) is 40.6 Å². The van der Waals surface area contributed by atoms with E-state index in [0.29, 0.717) is 19.5 Å². The lowest BCUT2D eigenvalue weighted by atomic mass is 9.89. The zero-order chi connectivity index (χ0) is 31.0. The third-order valence-electron chi connectivity index (χ3n) is 6.46. The molecule has 1 heterocycles. The number of aromatic carboxylic acids is 1. The van der Waals surface area contributed by atoms with Crippen molar-refractivity contribution in [2.45, 2.75) is 29.1 Å². The summed E-state index contributed by atoms with van der Waals surface area (Å²) in [7, 11) is -10.2. The summed E-state index contributed by atoms with van der Waals surface area (Å²) < 4.78 is 74.6. The minimum Gasteiger partial charge on any atom is -0.478 e. The first-order valence-corrected chi connectivity index (χ1v) is 15.2. The van der Waals surface area contributed by atoms with E-state index in [2.05, 4.69) is 5.32 Å². The Bertz CT molecular complexity index is 1990. The molecule has 0 saturated heterocycles. The summed E-state index contributed by atoms with van der Waals surface area (Å²) >= 11 is 0. The molecule has 2 aromatic carbocycles. The van der Waals surface area contributed by atoms with Crippen molar-refractivity contribution in [3.05, 3.63) is 58.9 Å². The van der Waals surface area contributed by atoms with Crippen LogP contribution in [0.25, 0.3) is 33.4 Å². The van der Waals surface area contributed by atoms with Gasteiger partial charge in [-0.05, 0) is 61.3 Å². The van der Waals surface area contributed by atoms with Gasteiger partial charge in [-0.25, -0.2) is 4.79 Å². The van der Waals surface area contributed by atoms with Gasteiger partial charge < -0.3 is 26.3 Å². The predicted octanol–water partition coefficient (Wildman–Crippen LogP) is 2.32. The summed E-state index contributed by atoms with van der Waals surface area (Å²) in [6.45, 7) is 0.840. The first kappa shape index (κ1) is 30.6. The van der Waals surface area contributed by atoms with E-state index in [4.69, 9.17) is 21.3 Å². The Hall–Kier alpha value is -4.35. The van der Waals surface area contributed by atoms with Crippen molar-refractivity contribution >= 4 is 48.8 Å². The average molecular weight is 619 g/mol. The number of anilines is 1. The van der Waals surface area contributed by atoms with Crippen molar-refractivity contribution < 1.29 is 45.1 Å². The van der Waals surface area contributed by atoms with E-state index in [1.54, 1.807) is 0 Å². The zero-order valence-electron chi connectivity index (χ0n) is 21.7. The lowest BCUT2D eigenvalue weighted by Crippen LogP contribution is -2.25. The molecule has 222 valence electrons. The van der Waals surface area contributed by atoms with Crippen molar-refractivity contribution in [1.82, 2.24) is 5.32 Å². The summed E-state index contributed by atoms with van der Waals surface area (Å²) in [5.41, 5.74) is 9.39. The third kappa shape index (κ3) is 5.83. The molecule has 16 heteroatoms. The number of amides is 1. The Balaban J connectivity index is 2.07. The molecule has 0 bridgehead atoms. The summed E-state index contributed by atoms with van der Waals surface area (Å²) in [6.07, 6.45) is 2.23. The number of fused-ring (bicyclic) bond motifs is 2. The number of carboxylic acids is 1. The fraction of sp³-hybridized carbons (Fsp3) is 0.192. The highest BCUT2D eigenvalue weighted by Gasteiger charge is 2.31. The molecule has 2 aliphatic rings. The Morgan fingerprint density at radius 3 is 2.19 bits per heavy atom. The highest BCUT2D eigenvalue weighted by Crippen LogP contribution is 2.45. The van der Waals surface area contributed by atoms with Crippen LogP contribution < -0.4 is 22.1 Å². The standard InChI is InChI=1S/C26H26N4O10S2/c27-10-2-1-3-11-30-25(31)13-4-5-14(17(12-13)26(32)33)20-15-6-8-18(28)23(41(34,35)36)21(15)40-22-16(20)7-9-19(29)24(22)42(37,38)39/h4-9,12,28H,1-3,10-11,27,29H2,(H,30,31)(H,32,33)(H,34,35,36)(H,37,38,39). The van der Waals surface area contributed by atoms with Gasteiger partial charge in [0.05, 0.1) is 16.6 Å². The molecule has 14 nitrogen and oxygen atoms in total. The number of nitrogens with one attached hydrogen (secondary N) is 2. The van der Waals surface area contributed by atoms with Gasteiger partial charge in [0.1, 0.15) is 0 Å². The van der Waals surface area contributed by atoms with Gasteiger partial charge in [0, 0.05) is 28.6 Å². The van der Waals surface area contributed by atoms with Crippen LogP contribution in [0.1, 0.15) is 40.0 Å². The van der Waals surface area contributed by atoms with Crippen LogP contribution in [0.4, 0.5) is 5.69 Å². The molecule has 0 atom stereocenters. The minimum absolute atomic E-state index is 0.000793. The first-order valence-electron chi connectivity index (χ1n) is 12.3. The van der Waals surface area contributed by atoms with Crippen LogP contribution in [0.2, 0.25) is 0 Å². The number of nitrogen functional groups attached to an aromatic ring is 1. The molecule has 0 spiro atoms. The number of nitrogens with two attached hydrogens (primary N) is 2. The fourth-order valence-corrected chi connectivity index (χ4v) is 6.11.